The van der Waals surface area contributed by atoms with Crippen molar-refractivity contribution >= 4 is 41.5 Å². The van der Waals surface area contributed by atoms with Crippen molar-refractivity contribution in [3.8, 4) is 0 Å². The Hall–Kier alpha value is -1.39. The Morgan fingerprint density at radius 1 is 1.11 bits per heavy atom. The zero-order chi connectivity index (χ0) is 19.0. The van der Waals surface area contributed by atoms with Crippen LogP contribution in [0, 0.1) is 0 Å². The van der Waals surface area contributed by atoms with E-state index in [1.165, 1.54) is 0 Å². The summed E-state index contributed by atoms with van der Waals surface area (Å²) in [6, 6.07) is 7.81. The van der Waals surface area contributed by atoms with Crippen LogP contribution in [0.15, 0.2) is 29.3 Å². The Kier molecular flexibility index (Phi) is 15.9. The molecule has 1 aromatic carbocycles. The van der Waals surface area contributed by atoms with E-state index in [4.69, 9.17) is 9.47 Å². The zero-order valence-corrected chi connectivity index (χ0v) is 18.9. The molecule has 0 aliphatic rings. The maximum atomic E-state index is 11.6. The summed E-state index contributed by atoms with van der Waals surface area (Å²) in [5, 5.41) is 9.40. The van der Waals surface area contributed by atoms with Gasteiger partial charge in [0, 0.05) is 46.0 Å². The number of anilines is 1. The number of rotatable bonds is 12. The van der Waals surface area contributed by atoms with Crippen molar-refractivity contribution in [1.82, 2.24) is 10.6 Å². The lowest BCUT2D eigenvalue weighted by Crippen LogP contribution is -2.37. The molecule has 0 spiro atoms. The van der Waals surface area contributed by atoms with Crippen LogP contribution in [-0.4, -0.2) is 52.4 Å². The van der Waals surface area contributed by atoms with Crippen LogP contribution >= 0.6 is 24.0 Å². The summed E-state index contributed by atoms with van der Waals surface area (Å²) >= 11 is 0. The van der Waals surface area contributed by atoms with Crippen molar-refractivity contribution in [2.24, 2.45) is 4.99 Å². The second-order valence-electron chi connectivity index (χ2n) is 5.81. The van der Waals surface area contributed by atoms with Gasteiger partial charge in [0.2, 0.25) is 5.91 Å². The van der Waals surface area contributed by atoms with Gasteiger partial charge in [-0.3, -0.25) is 9.79 Å². The van der Waals surface area contributed by atoms with Gasteiger partial charge in [0.25, 0.3) is 0 Å². The van der Waals surface area contributed by atoms with Gasteiger partial charge >= 0.3 is 0 Å². The fraction of sp³-hybridized carbons (Fsp3) is 0.579. The van der Waals surface area contributed by atoms with Crippen molar-refractivity contribution in [3.63, 3.8) is 0 Å². The number of aliphatic imine (C=N–C) groups is 1. The average Bonchev–Trinajstić information content (AvgIpc) is 2.65. The largest absolute Gasteiger partial charge is 0.382 e. The first kappa shape index (κ1) is 25.6. The quantitative estimate of drug-likeness (QED) is 0.181. The van der Waals surface area contributed by atoms with Crippen LogP contribution in [0.5, 0.6) is 0 Å². The minimum Gasteiger partial charge on any atom is -0.382 e. The molecule has 0 heterocycles. The number of carbonyl (C=O) groups is 1. The van der Waals surface area contributed by atoms with Crippen LogP contribution in [0.4, 0.5) is 5.69 Å². The molecule has 3 N–H and O–H groups in total. The number of guanidine groups is 1. The van der Waals surface area contributed by atoms with Crippen LogP contribution in [-0.2, 0) is 20.8 Å². The highest BCUT2D eigenvalue weighted by molar-refractivity contribution is 14.0. The van der Waals surface area contributed by atoms with Crippen molar-refractivity contribution in [2.75, 3.05) is 45.8 Å². The SMILES string of the molecule is CCCC(=O)Nc1ccc(CNC(=NC)NCCCOCCOC)cc1.I. The molecule has 1 amide bonds. The predicted molar refractivity (Wildman–Crippen MR) is 121 cm³/mol. The van der Waals surface area contributed by atoms with Gasteiger partial charge in [-0.1, -0.05) is 19.1 Å². The third kappa shape index (κ3) is 12.6. The van der Waals surface area contributed by atoms with Crippen LogP contribution in [0.2, 0.25) is 0 Å². The number of hydrogen-bond acceptors (Lipinski definition) is 4. The molecule has 1 aromatic rings. The van der Waals surface area contributed by atoms with E-state index in [0.717, 1.165) is 36.6 Å². The lowest BCUT2D eigenvalue weighted by Gasteiger charge is -2.12. The maximum Gasteiger partial charge on any atom is 0.224 e. The van der Waals surface area contributed by atoms with E-state index in [9.17, 15) is 4.79 Å². The van der Waals surface area contributed by atoms with Gasteiger partial charge in [0.05, 0.1) is 13.2 Å². The molecule has 0 bridgehead atoms. The van der Waals surface area contributed by atoms with Gasteiger partial charge in [0.15, 0.2) is 5.96 Å². The molecule has 7 nitrogen and oxygen atoms in total. The predicted octanol–water partition coefficient (Wildman–Crippen LogP) is 2.76. The van der Waals surface area contributed by atoms with E-state index >= 15 is 0 Å². The summed E-state index contributed by atoms with van der Waals surface area (Å²) in [6.45, 7) is 5.38. The lowest BCUT2D eigenvalue weighted by atomic mass is 10.2. The van der Waals surface area contributed by atoms with Crippen molar-refractivity contribution < 1.29 is 14.3 Å². The molecular formula is C19H33IN4O3. The second kappa shape index (κ2) is 16.8. The second-order valence-corrected chi connectivity index (χ2v) is 5.81. The smallest absolute Gasteiger partial charge is 0.224 e. The van der Waals surface area contributed by atoms with Gasteiger partial charge in [0.1, 0.15) is 0 Å². The third-order valence-electron chi connectivity index (χ3n) is 3.59. The van der Waals surface area contributed by atoms with Gasteiger partial charge in [-0.15, -0.1) is 24.0 Å². The molecule has 27 heavy (non-hydrogen) atoms. The van der Waals surface area contributed by atoms with E-state index in [1.807, 2.05) is 31.2 Å². The van der Waals surface area contributed by atoms with Crippen molar-refractivity contribution in [1.29, 1.82) is 0 Å². The number of methoxy groups -OCH3 is 1. The summed E-state index contributed by atoms with van der Waals surface area (Å²) in [5.74, 6) is 0.802. The van der Waals surface area contributed by atoms with Gasteiger partial charge in [-0.25, -0.2) is 0 Å². The number of nitrogens with one attached hydrogen (secondary N) is 3. The minimum absolute atomic E-state index is 0. The molecular weight excluding hydrogens is 459 g/mol. The van der Waals surface area contributed by atoms with E-state index in [0.29, 0.717) is 32.8 Å². The molecule has 0 aliphatic heterocycles. The Bertz CT molecular complexity index is 538. The molecule has 0 unspecified atom stereocenters. The molecule has 0 saturated carbocycles. The summed E-state index contributed by atoms with van der Waals surface area (Å²) in [6.07, 6.45) is 2.29. The Labute approximate surface area is 179 Å². The van der Waals surface area contributed by atoms with E-state index < -0.39 is 0 Å². The monoisotopic (exact) mass is 492 g/mol. The summed E-state index contributed by atoms with van der Waals surface area (Å²) in [7, 11) is 3.41. The summed E-state index contributed by atoms with van der Waals surface area (Å²) in [4.78, 5) is 15.8. The highest BCUT2D eigenvalue weighted by atomic mass is 127. The standard InChI is InChI=1S/C19H32N4O3.HI/c1-4-6-18(24)23-17-9-7-16(8-10-17)15-22-19(20-2)21-11-5-12-26-14-13-25-3;/h7-10H,4-6,11-15H2,1-3H3,(H,23,24)(H2,20,21,22);1H. The Morgan fingerprint density at radius 2 is 1.85 bits per heavy atom. The molecule has 0 fully saturated rings. The number of nitrogens with zero attached hydrogens (tertiary/aromatic N) is 1. The third-order valence-corrected chi connectivity index (χ3v) is 3.59. The topological polar surface area (TPSA) is 84.0 Å². The van der Waals surface area contributed by atoms with Gasteiger partial charge in [-0.05, 0) is 30.5 Å². The number of hydrogen-bond donors (Lipinski definition) is 3. The minimum atomic E-state index is 0. The number of carbonyl (C=O) groups excluding carboxylic acids is 1. The first-order valence-electron chi connectivity index (χ1n) is 9.09. The molecule has 0 saturated heterocycles. The number of ether oxygens (including phenoxy) is 2. The summed E-state index contributed by atoms with van der Waals surface area (Å²) < 4.78 is 10.3. The molecule has 154 valence electrons. The van der Waals surface area contributed by atoms with Crippen LogP contribution in [0.1, 0.15) is 31.7 Å². The van der Waals surface area contributed by atoms with Crippen molar-refractivity contribution in [3.05, 3.63) is 29.8 Å². The van der Waals surface area contributed by atoms with E-state index in [-0.39, 0.29) is 29.9 Å². The maximum absolute atomic E-state index is 11.6. The number of halogens is 1. The van der Waals surface area contributed by atoms with Gasteiger partial charge < -0.3 is 25.4 Å². The summed E-state index contributed by atoms with van der Waals surface area (Å²) in [5.41, 5.74) is 1.94. The fourth-order valence-electron chi connectivity index (χ4n) is 2.19. The average molecular weight is 492 g/mol. The highest BCUT2D eigenvalue weighted by Crippen LogP contribution is 2.10. The van der Waals surface area contributed by atoms with Crippen LogP contribution in [0.25, 0.3) is 0 Å². The van der Waals surface area contributed by atoms with Crippen LogP contribution < -0.4 is 16.0 Å². The van der Waals surface area contributed by atoms with E-state index in [2.05, 4.69) is 20.9 Å². The van der Waals surface area contributed by atoms with Crippen molar-refractivity contribution in [2.45, 2.75) is 32.7 Å². The molecule has 0 radical (unpaired) electrons. The van der Waals surface area contributed by atoms with E-state index in [1.54, 1.807) is 14.2 Å². The highest BCUT2D eigenvalue weighted by Gasteiger charge is 2.02. The molecule has 0 atom stereocenters. The fourth-order valence-corrected chi connectivity index (χ4v) is 2.19. The first-order valence-corrected chi connectivity index (χ1v) is 9.09. The molecule has 0 aromatic heterocycles. The molecule has 0 aliphatic carbocycles. The van der Waals surface area contributed by atoms with Gasteiger partial charge in [-0.2, -0.15) is 0 Å². The molecule has 1 rings (SSSR count). The number of benzene rings is 1. The first-order chi connectivity index (χ1) is 12.7. The lowest BCUT2D eigenvalue weighted by molar-refractivity contribution is -0.116. The Balaban J connectivity index is 0.00000676. The molecule has 8 heteroatoms. The van der Waals surface area contributed by atoms with Crippen LogP contribution in [0.3, 0.4) is 0 Å². The Morgan fingerprint density at radius 3 is 2.48 bits per heavy atom. The number of amides is 1. The zero-order valence-electron chi connectivity index (χ0n) is 16.5. The normalized spacial score (nSPS) is 10.9.